The fourth-order valence-corrected chi connectivity index (χ4v) is 2.15. The molecule has 0 bridgehead atoms. The van der Waals surface area contributed by atoms with Crippen molar-refractivity contribution in [3.63, 3.8) is 0 Å². The average molecular weight is 225 g/mol. The molecule has 0 fully saturated rings. The first-order valence-corrected chi connectivity index (χ1v) is 5.29. The third-order valence-corrected chi connectivity index (χ3v) is 2.80. The SMILES string of the molecule is CC(=O)c1cc(Cl)c2c(c1)CC(C)(C)O2. The van der Waals surface area contributed by atoms with Crippen LogP contribution in [0.4, 0.5) is 0 Å². The number of Topliss-reactive ketones (excluding diaryl/α,β-unsaturated/α-hetero) is 1. The smallest absolute Gasteiger partial charge is 0.159 e. The molecule has 0 aliphatic carbocycles. The summed E-state index contributed by atoms with van der Waals surface area (Å²) >= 11 is 6.07. The van der Waals surface area contributed by atoms with E-state index in [2.05, 4.69) is 0 Å². The Hall–Kier alpha value is -1.02. The number of carbonyl (C=O) groups is 1. The van der Waals surface area contributed by atoms with Crippen molar-refractivity contribution in [2.45, 2.75) is 32.8 Å². The first kappa shape index (κ1) is 10.5. The highest BCUT2D eigenvalue weighted by Crippen LogP contribution is 2.40. The van der Waals surface area contributed by atoms with Gasteiger partial charge in [0.1, 0.15) is 11.4 Å². The second kappa shape index (κ2) is 3.24. The summed E-state index contributed by atoms with van der Waals surface area (Å²) in [4.78, 5) is 11.3. The van der Waals surface area contributed by atoms with Crippen molar-refractivity contribution in [2.24, 2.45) is 0 Å². The van der Waals surface area contributed by atoms with Crippen LogP contribution in [0.15, 0.2) is 12.1 Å². The summed E-state index contributed by atoms with van der Waals surface area (Å²) in [6.45, 7) is 5.56. The molecule has 1 aromatic rings. The Balaban J connectivity index is 2.51. The number of carbonyl (C=O) groups excluding carboxylic acids is 1. The van der Waals surface area contributed by atoms with Crippen molar-refractivity contribution in [1.82, 2.24) is 0 Å². The lowest BCUT2D eigenvalue weighted by Gasteiger charge is -2.17. The van der Waals surface area contributed by atoms with Gasteiger partial charge in [-0.15, -0.1) is 0 Å². The summed E-state index contributed by atoms with van der Waals surface area (Å²) in [5, 5.41) is 0.531. The molecule has 0 N–H and O–H groups in total. The number of halogens is 1. The van der Waals surface area contributed by atoms with Crippen molar-refractivity contribution in [2.75, 3.05) is 0 Å². The summed E-state index contributed by atoms with van der Waals surface area (Å²) in [6.07, 6.45) is 0.795. The van der Waals surface area contributed by atoms with Crippen molar-refractivity contribution in [3.05, 3.63) is 28.3 Å². The number of hydrogen-bond acceptors (Lipinski definition) is 2. The number of ketones is 1. The van der Waals surface area contributed by atoms with Crippen molar-refractivity contribution in [1.29, 1.82) is 0 Å². The maximum Gasteiger partial charge on any atom is 0.159 e. The number of ether oxygens (including phenoxy) is 1. The highest BCUT2D eigenvalue weighted by molar-refractivity contribution is 6.32. The first-order chi connectivity index (χ1) is 6.89. The van der Waals surface area contributed by atoms with E-state index in [1.54, 1.807) is 13.0 Å². The van der Waals surface area contributed by atoms with Gasteiger partial charge in [-0.3, -0.25) is 4.79 Å². The molecule has 0 unspecified atom stereocenters. The number of hydrogen-bond donors (Lipinski definition) is 0. The standard InChI is InChI=1S/C12H13ClO2/c1-7(14)8-4-9-6-12(2,3)15-11(9)10(13)5-8/h4-5H,6H2,1-3H3. The number of rotatable bonds is 1. The lowest BCUT2D eigenvalue weighted by Crippen LogP contribution is -2.24. The Morgan fingerprint density at radius 3 is 2.73 bits per heavy atom. The van der Waals surface area contributed by atoms with Gasteiger partial charge in [0.25, 0.3) is 0 Å². The van der Waals surface area contributed by atoms with Gasteiger partial charge in [0.15, 0.2) is 5.78 Å². The minimum Gasteiger partial charge on any atom is -0.486 e. The number of fused-ring (bicyclic) bond motifs is 1. The fraction of sp³-hybridized carbons (Fsp3) is 0.417. The molecule has 2 rings (SSSR count). The van der Waals surface area contributed by atoms with E-state index in [1.165, 1.54) is 0 Å². The second-order valence-corrected chi connectivity index (χ2v) is 4.95. The van der Waals surface area contributed by atoms with E-state index in [-0.39, 0.29) is 11.4 Å². The second-order valence-electron chi connectivity index (χ2n) is 4.54. The van der Waals surface area contributed by atoms with Crippen LogP contribution in [0.5, 0.6) is 5.75 Å². The Kier molecular flexibility index (Phi) is 2.27. The number of benzene rings is 1. The van der Waals surface area contributed by atoms with Crippen molar-refractivity contribution < 1.29 is 9.53 Å². The lowest BCUT2D eigenvalue weighted by molar-refractivity contribution is 0.101. The topological polar surface area (TPSA) is 26.3 Å². The summed E-state index contributed by atoms with van der Waals surface area (Å²) < 4.78 is 5.72. The largest absolute Gasteiger partial charge is 0.486 e. The van der Waals surface area contributed by atoms with E-state index >= 15 is 0 Å². The summed E-state index contributed by atoms with van der Waals surface area (Å²) in [6, 6.07) is 3.54. The average Bonchev–Trinajstić information content (AvgIpc) is 2.39. The molecule has 80 valence electrons. The van der Waals surface area contributed by atoms with Crippen LogP contribution in [0.2, 0.25) is 5.02 Å². The molecule has 0 aromatic heterocycles. The minimum absolute atomic E-state index is 0.0319. The van der Waals surface area contributed by atoms with Crippen LogP contribution in [0, 0.1) is 0 Å². The van der Waals surface area contributed by atoms with Crippen molar-refractivity contribution >= 4 is 17.4 Å². The third kappa shape index (κ3) is 1.86. The maximum atomic E-state index is 11.3. The molecule has 0 saturated carbocycles. The van der Waals surface area contributed by atoms with Crippen LogP contribution in [-0.4, -0.2) is 11.4 Å². The summed E-state index contributed by atoms with van der Waals surface area (Å²) in [5.74, 6) is 0.760. The molecule has 15 heavy (non-hydrogen) atoms. The van der Waals surface area contributed by atoms with Crippen LogP contribution < -0.4 is 4.74 Å². The van der Waals surface area contributed by atoms with E-state index in [0.29, 0.717) is 10.6 Å². The molecule has 0 amide bonds. The summed E-state index contributed by atoms with van der Waals surface area (Å²) in [7, 11) is 0. The molecule has 2 nitrogen and oxygen atoms in total. The predicted octanol–water partition coefficient (Wildman–Crippen LogP) is 3.26. The third-order valence-electron chi connectivity index (χ3n) is 2.52. The lowest BCUT2D eigenvalue weighted by atomic mass is 9.99. The molecule has 0 radical (unpaired) electrons. The molecular formula is C12H13ClO2. The van der Waals surface area contributed by atoms with Gasteiger partial charge >= 0.3 is 0 Å². The molecule has 3 heteroatoms. The molecule has 0 spiro atoms. The Labute approximate surface area is 94.2 Å². The van der Waals surface area contributed by atoms with Gasteiger partial charge in [-0.1, -0.05) is 11.6 Å². The van der Waals surface area contributed by atoms with Crippen LogP contribution in [0.3, 0.4) is 0 Å². The van der Waals surface area contributed by atoms with Gasteiger partial charge in [-0.2, -0.15) is 0 Å². The zero-order valence-corrected chi connectivity index (χ0v) is 9.81. The van der Waals surface area contributed by atoms with Gasteiger partial charge in [0, 0.05) is 17.5 Å². The summed E-state index contributed by atoms with van der Waals surface area (Å²) in [5.41, 5.74) is 1.46. The van der Waals surface area contributed by atoms with Gasteiger partial charge in [-0.05, 0) is 32.9 Å². The molecule has 0 atom stereocenters. The zero-order chi connectivity index (χ0) is 11.2. The van der Waals surface area contributed by atoms with E-state index in [4.69, 9.17) is 16.3 Å². The molecular weight excluding hydrogens is 212 g/mol. The fourth-order valence-electron chi connectivity index (χ4n) is 1.87. The Morgan fingerprint density at radius 2 is 2.13 bits per heavy atom. The van der Waals surface area contributed by atoms with Crippen molar-refractivity contribution in [3.8, 4) is 5.75 Å². The van der Waals surface area contributed by atoms with Crippen LogP contribution >= 0.6 is 11.6 Å². The van der Waals surface area contributed by atoms with E-state index in [1.807, 2.05) is 19.9 Å². The highest BCUT2D eigenvalue weighted by Gasteiger charge is 2.32. The first-order valence-electron chi connectivity index (χ1n) is 4.91. The maximum absolute atomic E-state index is 11.3. The zero-order valence-electron chi connectivity index (χ0n) is 9.06. The van der Waals surface area contributed by atoms with Gasteiger partial charge < -0.3 is 4.74 Å². The Bertz CT molecular complexity index is 435. The van der Waals surface area contributed by atoms with Gasteiger partial charge in [0.05, 0.1) is 5.02 Å². The normalized spacial score (nSPS) is 17.1. The van der Waals surface area contributed by atoms with E-state index in [9.17, 15) is 4.79 Å². The minimum atomic E-state index is -0.221. The van der Waals surface area contributed by atoms with E-state index < -0.39 is 0 Å². The quantitative estimate of drug-likeness (QED) is 0.685. The predicted molar refractivity (Wildman–Crippen MR) is 59.9 cm³/mol. The van der Waals surface area contributed by atoms with Crippen LogP contribution in [0.1, 0.15) is 36.7 Å². The molecule has 1 heterocycles. The molecule has 1 aromatic carbocycles. The monoisotopic (exact) mass is 224 g/mol. The van der Waals surface area contributed by atoms with Crippen LogP contribution in [0.25, 0.3) is 0 Å². The van der Waals surface area contributed by atoms with Gasteiger partial charge in [0.2, 0.25) is 0 Å². The molecule has 1 aliphatic rings. The van der Waals surface area contributed by atoms with E-state index in [0.717, 1.165) is 17.7 Å². The van der Waals surface area contributed by atoms with Crippen LogP contribution in [-0.2, 0) is 6.42 Å². The highest BCUT2D eigenvalue weighted by atomic mass is 35.5. The Morgan fingerprint density at radius 1 is 1.47 bits per heavy atom. The molecule has 0 saturated heterocycles. The van der Waals surface area contributed by atoms with Gasteiger partial charge in [-0.25, -0.2) is 0 Å². The molecule has 1 aliphatic heterocycles.